The molecule has 0 spiro atoms. The first-order valence-electron chi connectivity index (χ1n) is 7.41. The predicted octanol–water partition coefficient (Wildman–Crippen LogP) is 2.53. The number of piperidine rings is 1. The van der Waals surface area contributed by atoms with Crippen molar-refractivity contribution in [2.24, 2.45) is 5.92 Å². The van der Waals surface area contributed by atoms with Crippen LogP contribution in [0.1, 0.15) is 18.4 Å². The Hall–Kier alpha value is -1.26. The van der Waals surface area contributed by atoms with E-state index in [4.69, 9.17) is 21.1 Å². The van der Waals surface area contributed by atoms with Crippen LogP contribution < -0.4 is 4.74 Å². The van der Waals surface area contributed by atoms with E-state index < -0.39 is 0 Å². The molecule has 3 rings (SSSR count). The number of methoxy groups -OCH3 is 1. The number of carbonyl (C=O) groups is 1. The van der Waals surface area contributed by atoms with Crippen molar-refractivity contribution in [3.05, 3.63) is 28.8 Å². The Balaban J connectivity index is 1.50. The molecule has 0 aliphatic carbocycles. The highest BCUT2D eigenvalue weighted by atomic mass is 35.5. The van der Waals surface area contributed by atoms with Gasteiger partial charge in [-0.05, 0) is 49.7 Å². The quantitative estimate of drug-likeness (QED) is 0.804. The molecule has 114 valence electrons. The molecule has 0 amide bonds. The van der Waals surface area contributed by atoms with Gasteiger partial charge in [0.15, 0.2) is 0 Å². The Morgan fingerprint density at radius 3 is 2.90 bits per heavy atom. The molecule has 0 bridgehead atoms. The SMILES string of the molecule is COC(=O)C1CCN(CC2Cc3cc(Cl)ccc3O2)CC1. The average Bonchev–Trinajstić information content (AvgIpc) is 2.88. The maximum absolute atomic E-state index is 11.5. The van der Waals surface area contributed by atoms with E-state index in [1.54, 1.807) is 0 Å². The number of hydrogen-bond donors (Lipinski definition) is 0. The van der Waals surface area contributed by atoms with E-state index in [-0.39, 0.29) is 18.0 Å². The second-order valence-electron chi connectivity index (χ2n) is 5.79. The molecule has 2 aliphatic rings. The summed E-state index contributed by atoms with van der Waals surface area (Å²) in [5, 5.41) is 0.761. The van der Waals surface area contributed by atoms with Gasteiger partial charge in [-0.3, -0.25) is 9.69 Å². The first kappa shape index (κ1) is 14.7. The number of ether oxygens (including phenoxy) is 2. The molecule has 0 aromatic heterocycles. The number of rotatable bonds is 3. The minimum atomic E-state index is -0.0752. The van der Waals surface area contributed by atoms with Crippen LogP contribution >= 0.6 is 11.6 Å². The molecule has 2 heterocycles. The van der Waals surface area contributed by atoms with Crippen molar-refractivity contribution in [2.45, 2.75) is 25.4 Å². The van der Waals surface area contributed by atoms with Gasteiger partial charge in [0.2, 0.25) is 0 Å². The largest absolute Gasteiger partial charge is 0.488 e. The van der Waals surface area contributed by atoms with Gasteiger partial charge in [0.05, 0.1) is 13.0 Å². The van der Waals surface area contributed by atoms with Gasteiger partial charge in [-0.1, -0.05) is 11.6 Å². The molecular formula is C16H20ClNO3. The van der Waals surface area contributed by atoms with Gasteiger partial charge in [0.1, 0.15) is 11.9 Å². The molecule has 21 heavy (non-hydrogen) atoms. The van der Waals surface area contributed by atoms with Crippen molar-refractivity contribution in [3.63, 3.8) is 0 Å². The molecule has 1 aromatic carbocycles. The summed E-state index contributed by atoms with van der Waals surface area (Å²) in [5.74, 6) is 0.939. The molecule has 1 unspecified atom stereocenters. The van der Waals surface area contributed by atoms with E-state index in [1.165, 1.54) is 12.7 Å². The third-order valence-corrected chi connectivity index (χ3v) is 4.58. The molecule has 1 saturated heterocycles. The molecule has 5 heteroatoms. The summed E-state index contributed by atoms with van der Waals surface area (Å²) in [6.07, 6.45) is 2.84. The first-order valence-corrected chi connectivity index (χ1v) is 7.79. The minimum Gasteiger partial charge on any atom is -0.488 e. The van der Waals surface area contributed by atoms with Crippen LogP contribution in [0.3, 0.4) is 0 Å². The maximum atomic E-state index is 11.5. The van der Waals surface area contributed by atoms with Crippen LogP contribution in [0.25, 0.3) is 0 Å². The zero-order valence-corrected chi connectivity index (χ0v) is 12.9. The second kappa shape index (κ2) is 6.24. The van der Waals surface area contributed by atoms with Gasteiger partial charge in [0, 0.05) is 18.0 Å². The smallest absolute Gasteiger partial charge is 0.308 e. The van der Waals surface area contributed by atoms with Gasteiger partial charge < -0.3 is 9.47 Å². The van der Waals surface area contributed by atoms with Crippen molar-refractivity contribution >= 4 is 17.6 Å². The molecule has 2 aliphatic heterocycles. The van der Waals surface area contributed by atoms with Crippen LogP contribution in [0.2, 0.25) is 5.02 Å². The van der Waals surface area contributed by atoms with E-state index in [9.17, 15) is 4.79 Å². The minimum absolute atomic E-state index is 0.0618. The summed E-state index contributed by atoms with van der Waals surface area (Å²) in [6.45, 7) is 2.76. The van der Waals surface area contributed by atoms with Crippen molar-refractivity contribution in [1.29, 1.82) is 0 Å². The fraction of sp³-hybridized carbons (Fsp3) is 0.562. The lowest BCUT2D eigenvalue weighted by atomic mass is 9.96. The lowest BCUT2D eigenvalue weighted by Crippen LogP contribution is -2.41. The molecule has 1 aromatic rings. The standard InChI is InChI=1S/C16H20ClNO3/c1-20-16(19)11-4-6-18(7-5-11)10-14-9-12-8-13(17)2-3-15(12)21-14/h2-3,8,11,14H,4-7,9-10H2,1H3. The Morgan fingerprint density at radius 1 is 1.43 bits per heavy atom. The van der Waals surface area contributed by atoms with E-state index in [2.05, 4.69) is 4.90 Å². The van der Waals surface area contributed by atoms with Crippen LogP contribution in [0.5, 0.6) is 5.75 Å². The Kier molecular flexibility index (Phi) is 4.36. The fourth-order valence-electron chi connectivity index (χ4n) is 3.20. The third kappa shape index (κ3) is 3.33. The number of carbonyl (C=O) groups excluding carboxylic acids is 1. The highest BCUT2D eigenvalue weighted by Crippen LogP contribution is 2.31. The number of nitrogens with zero attached hydrogens (tertiary/aromatic N) is 1. The summed E-state index contributed by atoms with van der Waals surface area (Å²) in [7, 11) is 1.46. The fourth-order valence-corrected chi connectivity index (χ4v) is 3.39. The molecular weight excluding hydrogens is 290 g/mol. The molecule has 4 nitrogen and oxygen atoms in total. The Bertz CT molecular complexity index is 526. The summed E-state index contributed by atoms with van der Waals surface area (Å²) >= 11 is 6.01. The normalized spacial score (nSPS) is 22.7. The van der Waals surface area contributed by atoms with Crippen LogP contribution in [-0.2, 0) is 16.0 Å². The second-order valence-corrected chi connectivity index (χ2v) is 6.23. The molecule has 0 saturated carbocycles. The maximum Gasteiger partial charge on any atom is 0.308 e. The first-order chi connectivity index (χ1) is 10.2. The average molecular weight is 310 g/mol. The van der Waals surface area contributed by atoms with E-state index in [1.807, 2.05) is 18.2 Å². The van der Waals surface area contributed by atoms with Crippen molar-refractivity contribution < 1.29 is 14.3 Å². The van der Waals surface area contributed by atoms with Gasteiger partial charge in [-0.25, -0.2) is 0 Å². The van der Waals surface area contributed by atoms with Crippen LogP contribution in [0.4, 0.5) is 0 Å². The van der Waals surface area contributed by atoms with Gasteiger partial charge in [0.25, 0.3) is 0 Å². The molecule has 0 N–H and O–H groups in total. The number of fused-ring (bicyclic) bond motifs is 1. The summed E-state index contributed by atoms with van der Waals surface area (Å²) in [4.78, 5) is 13.9. The predicted molar refractivity (Wildman–Crippen MR) is 80.8 cm³/mol. The number of likely N-dealkylation sites (tertiary alicyclic amines) is 1. The topological polar surface area (TPSA) is 38.8 Å². The Morgan fingerprint density at radius 2 is 2.19 bits per heavy atom. The zero-order valence-electron chi connectivity index (χ0n) is 12.2. The lowest BCUT2D eigenvalue weighted by Gasteiger charge is -2.32. The number of benzene rings is 1. The number of hydrogen-bond acceptors (Lipinski definition) is 4. The molecule has 0 radical (unpaired) electrons. The van der Waals surface area contributed by atoms with E-state index >= 15 is 0 Å². The zero-order chi connectivity index (χ0) is 14.8. The Labute approximate surface area is 130 Å². The van der Waals surface area contributed by atoms with Crippen LogP contribution in [0.15, 0.2) is 18.2 Å². The van der Waals surface area contributed by atoms with E-state index in [0.717, 1.165) is 49.7 Å². The van der Waals surface area contributed by atoms with Gasteiger partial charge >= 0.3 is 5.97 Å². The van der Waals surface area contributed by atoms with E-state index in [0.29, 0.717) is 0 Å². The monoisotopic (exact) mass is 309 g/mol. The highest BCUT2D eigenvalue weighted by Gasteiger charge is 2.29. The highest BCUT2D eigenvalue weighted by molar-refractivity contribution is 6.30. The molecule has 1 atom stereocenters. The van der Waals surface area contributed by atoms with Crippen molar-refractivity contribution in [2.75, 3.05) is 26.7 Å². The van der Waals surface area contributed by atoms with Gasteiger partial charge in [-0.15, -0.1) is 0 Å². The van der Waals surface area contributed by atoms with Crippen molar-refractivity contribution in [1.82, 2.24) is 4.90 Å². The lowest BCUT2D eigenvalue weighted by molar-refractivity contribution is -0.147. The number of halogens is 1. The van der Waals surface area contributed by atoms with Gasteiger partial charge in [-0.2, -0.15) is 0 Å². The summed E-state index contributed by atoms with van der Waals surface area (Å²) in [6, 6.07) is 5.80. The number of esters is 1. The third-order valence-electron chi connectivity index (χ3n) is 4.35. The van der Waals surface area contributed by atoms with Crippen LogP contribution in [-0.4, -0.2) is 43.7 Å². The summed E-state index contributed by atoms with van der Waals surface area (Å²) < 4.78 is 10.8. The van der Waals surface area contributed by atoms with Crippen molar-refractivity contribution in [3.8, 4) is 5.75 Å². The molecule has 1 fully saturated rings. The summed E-state index contributed by atoms with van der Waals surface area (Å²) in [5.41, 5.74) is 1.19. The van der Waals surface area contributed by atoms with Crippen LogP contribution in [0, 0.1) is 5.92 Å².